The van der Waals surface area contributed by atoms with E-state index in [4.69, 9.17) is 9.52 Å². The van der Waals surface area contributed by atoms with Gasteiger partial charge in [0.2, 0.25) is 5.91 Å². The van der Waals surface area contributed by atoms with E-state index in [0.717, 1.165) is 0 Å². The molecule has 1 aromatic heterocycles. The van der Waals surface area contributed by atoms with E-state index in [1.54, 1.807) is 19.2 Å². The zero-order valence-electron chi connectivity index (χ0n) is 10.2. The molecule has 100 valence electrons. The van der Waals surface area contributed by atoms with E-state index in [-0.39, 0.29) is 12.8 Å². The zero-order valence-corrected chi connectivity index (χ0v) is 10.2. The average molecular weight is 264 g/mol. The van der Waals surface area contributed by atoms with Gasteiger partial charge in [0.1, 0.15) is 0 Å². The van der Waals surface area contributed by atoms with Crippen LogP contribution in [0.25, 0.3) is 11.1 Å². The lowest BCUT2D eigenvalue weighted by Crippen LogP contribution is -2.13. The van der Waals surface area contributed by atoms with Gasteiger partial charge in [-0.1, -0.05) is 0 Å². The van der Waals surface area contributed by atoms with Gasteiger partial charge in [0.15, 0.2) is 5.58 Å². The van der Waals surface area contributed by atoms with E-state index in [1.165, 1.54) is 10.6 Å². The van der Waals surface area contributed by atoms with E-state index in [1.807, 2.05) is 0 Å². The summed E-state index contributed by atoms with van der Waals surface area (Å²) in [6.07, 6.45) is -0.333. The molecule has 1 aromatic carbocycles. The van der Waals surface area contributed by atoms with Gasteiger partial charge in [0.25, 0.3) is 0 Å². The zero-order chi connectivity index (χ0) is 14.0. The summed E-state index contributed by atoms with van der Waals surface area (Å²) in [6.45, 7) is 0. The molecule has 2 aromatic rings. The molecule has 0 fully saturated rings. The number of rotatable bonds is 4. The standard InChI is InChI=1S/C12H12N2O5/c1-14-8-3-2-7(6-9(8)19-12(14)18)13-10(15)4-5-11(16)17/h2-3,6H,4-5H2,1H3,(H,13,15)(H,16,17). The molecule has 0 saturated heterocycles. The highest BCUT2D eigenvalue weighted by atomic mass is 16.4. The number of aryl methyl sites for hydroxylation is 1. The average Bonchev–Trinajstić information content (AvgIpc) is 2.62. The number of hydrogen-bond acceptors (Lipinski definition) is 4. The Bertz CT molecular complexity index is 698. The highest BCUT2D eigenvalue weighted by molar-refractivity contribution is 5.94. The van der Waals surface area contributed by atoms with Crippen LogP contribution in [0.3, 0.4) is 0 Å². The van der Waals surface area contributed by atoms with Crippen LogP contribution >= 0.6 is 0 Å². The molecule has 0 aliphatic heterocycles. The van der Waals surface area contributed by atoms with Crippen molar-refractivity contribution in [3.05, 3.63) is 28.7 Å². The van der Waals surface area contributed by atoms with Crippen molar-refractivity contribution >= 4 is 28.7 Å². The molecule has 19 heavy (non-hydrogen) atoms. The van der Waals surface area contributed by atoms with Gasteiger partial charge in [0, 0.05) is 25.2 Å². The number of carbonyl (C=O) groups excluding carboxylic acids is 1. The normalized spacial score (nSPS) is 10.6. The van der Waals surface area contributed by atoms with Crippen molar-refractivity contribution in [3.8, 4) is 0 Å². The van der Waals surface area contributed by atoms with Gasteiger partial charge in [-0.2, -0.15) is 0 Å². The van der Waals surface area contributed by atoms with Gasteiger partial charge in [-0.3, -0.25) is 14.2 Å². The first-order valence-corrected chi connectivity index (χ1v) is 5.58. The molecule has 7 heteroatoms. The molecule has 0 unspecified atom stereocenters. The van der Waals surface area contributed by atoms with Gasteiger partial charge in [-0.25, -0.2) is 4.79 Å². The third-order valence-corrected chi connectivity index (χ3v) is 2.64. The second-order valence-electron chi connectivity index (χ2n) is 4.05. The largest absolute Gasteiger partial charge is 0.481 e. The maximum Gasteiger partial charge on any atom is 0.419 e. The van der Waals surface area contributed by atoms with Crippen LogP contribution in [0.4, 0.5) is 5.69 Å². The first-order chi connectivity index (χ1) is 8.97. The fraction of sp³-hybridized carbons (Fsp3) is 0.250. The predicted molar refractivity (Wildman–Crippen MR) is 67.0 cm³/mol. The third-order valence-electron chi connectivity index (χ3n) is 2.64. The fourth-order valence-corrected chi connectivity index (χ4v) is 1.66. The number of carboxylic acids is 1. The number of oxazole rings is 1. The van der Waals surface area contributed by atoms with Crippen LogP contribution in [-0.2, 0) is 16.6 Å². The number of aromatic nitrogens is 1. The van der Waals surface area contributed by atoms with E-state index >= 15 is 0 Å². The number of amides is 1. The van der Waals surface area contributed by atoms with Crippen LogP contribution in [0, 0.1) is 0 Å². The van der Waals surface area contributed by atoms with Crippen LogP contribution in [0.15, 0.2) is 27.4 Å². The summed E-state index contributed by atoms with van der Waals surface area (Å²) in [4.78, 5) is 33.1. The lowest BCUT2D eigenvalue weighted by atomic mass is 10.2. The van der Waals surface area contributed by atoms with Crippen LogP contribution in [0.5, 0.6) is 0 Å². The second-order valence-corrected chi connectivity index (χ2v) is 4.05. The molecule has 1 amide bonds. The third kappa shape index (κ3) is 2.82. The van der Waals surface area contributed by atoms with Gasteiger partial charge >= 0.3 is 11.7 Å². The first-order valence-electron chi connectivity index (χ1n) is 5.58. The summed E-state index contributed by atoms with van der Waals surface area (Å²) in [5.41, 5.74) is 1.44. The van der Waals surface area contributed by atoms with Crippen molar-refractivity contribution in [2.75, 3.05) is 5.32 Å². The first kappa shape index (κ1) is 12.9. The van der Waals surface area contributed by atoms with Crippen molar-refractivity contribution in [2.24, 2.45) is 7.05 Å². The number of nitrogens with zero attached hydrogens (tertiary/aromatic N) is 1. The minimum Gasteiger partial charge on any atom is -0.481 e. The minimum atomic E-state index is -1.03. The number of fused-ring (bicyclic) bond motifs is 1. The SMILES string of the molecule is Cn1c(=O)oc2cc(NC(=O)CCC(=O)O)ccc21. The summed E-state index contributed by atoms with van der Waals surface area (Å²) >= 11 is 0. The number of benzene rings is 1. The fourth-order valence-electron chi connectivity index (χ4n) is 1.66. The number of nitrogens with one attached hydrogen (secondary N) is 1. The van der Waals surface area contributed by atoms with Crippen LogP contribution < -0.4 is 11.1 Å². The summed E-state index contributed by atoms with van der Waals surface area (Å²) in [5.74, 6) is -1.91. The summed E-state index contributed by atoms with van der Waals surface area (Å²) < 4.78 is 6.33. The maximum absolute atomic E-state index is 11.5. The van der Waals surface area contributed by atoms with E-state index < -0.39 is 17.6 Å². The van der Waals surface area contributed by atoms with Crippen molar-refractivity contribution in [2.45, 2.75) is 12.8 Å². The number of carbonyl (C=O) groups is 2. The van der Waals surface area contributed by atoms with E-state index in [0.29, 0.717) is 16.8 Å². The van der Waals surface area contributed by atoms with E-state index in [9.17, 15) is 14.4 Å². The Morgan fingerprint density at radius 2 is 2.11 bits per heavy atom. The van der Waals surface area contributed by atoms with Gasteiger partial charge in [0.05, 0.1) is 11.9 Å². The summed E-state index contributed by atoms with van der Waals surface area (Å²) in [6, 6.07) is 4.79. The number of carboxylic acid groups (broad SMARTS) is 1. The molecule has 2 N–H and O–H groups in total. The second kappa shape index (κ2) is 4.97. The number of anilines is 1. The summed E-state index contributed by atoms with van der Waals surface area (Å²) in [5, 5.41) is 11.0. The lowest BCUT2D eigenvalue weighted by molar-refractivity contribution is -0.138. The van der Waals surface area contributed by atoms with Crippen molar-refractivity contribution in [1.29, 1.82) is 0 Å². The highest BCUT2D eigenvalue weighted by Gasteiger charge is 2.09. The molecule has 0 aliphatic rings. The van der Waals surface area contributed by atoms with Crippen molar-refractivity contribution < 1.29 is 19.1 Å². The molecule has 1 heterocycles. The molecule has 2 rings (SSSR count). The van der Waals surface area contributed by atoms with Gasteiger partial charge < -0.3 is 14.8 Å². The molecule has 0 saturated carbocycles. The van der Waals surface area contributed by atoms with Crippen LogP contribution in [-0.4, -0.2) is 21.6 Å². The molecule has 7 nitrogen and oxygen atoms in total. The molecular formula is C12H12N2O5. The minimum absolute atomic E-state index is 0.105. The van der Waals surface area contributed by atoms with Crippen molar-refractivity contribution in [3.63, 3.8) is 0 Å². The molecular weight excluding hydrogens is 252 g/mol. The Balaban J connectivity index is 2.15. The maximum atomic E-state index is 11.5. The van der Waals surface area contributed by atoms with E-state index in [2.05, 4.69) is 5.32 Å². The van der Waals surface area contributed by atoms with Crippen molar-refractivity contribution in [1.82, 2.24) is 4.57 Å². The Labute approximate surface area is 107 Å². The molecule has 0 radical (unpaired) electrons. The highest BCUT2D eigenvalue weighted by Crippen LogP contribution is 2.17. The Hall–Kier alpha value is -2.57. The Morgan fingerprint density at radius 1 is 1.37 bits per heavy atom. The number of aliphatic carboxylic acids is 1. The van der Waals surface area contributed by atoms with Gasteiger partial charge in [-0.15, -0.1) is 0 Å². The quantitative estimate of drug-likeness (QED) is 0.855. The smallest absolute Gasteiger partial charge is 0.419 e. The Kier molecular flexibility index (Phi) is 3.37. The molecule has 0 spiro atoms. The monoisotopic (exact) mass is 264 g/mol. The predicted octanol–water partition coefficient (Wildman–Crippen LogP) is 0.935. The molecule has 0 bridgehead atoms. The van der Waals surface area contributed by atoms with Crippen LogP contribution in [0.1, 0.15) is 12.8 Å². The molecule has 0 atom stereocenters. The lowest BCUT2D eigenvalue weighted by Gasteiger charge is -2.03. The molecule has 0 aliphatic carbocycles. The topological polar surface area (TPSA) is 102 Å². The Morgan fingerprint density at radius 3 is 2.79 bits per heavy atom. The van der Waals surface area contributed by atoms with Crippen LogP contribution in [0.2, 0.25) is 0 Å². The van der Waals surface area contributed by atoms with Gasteiger partial charge in [-0.05, 0) is 12.1 Å². The summed E-state index contributed by atoms with van der Waals surface area (Å²) in [7, 11) is 1.58. The number of hydrogen-bond donors (Lipinski definition) is 2.